The Balaban J connectivity index is 1.82. The first kappa shape index (κ1) is 24.1. The largest absolute Gasteiger partial charge is 0.351 e. The van der Waals surface area contributed by atoms with Crippen LogP contribution in [0.15, 0.2) is 48.5 Å². The van der Waals surface area contributed by atoms with Gasteiger partial charge >= 0.3 is 0 Å². The summed E-state index contributed by atoms with van der Waals surface area (Å²) in [6.07, 6.45) is 5.43. The van der Waals surface area contributed by atoms with E-state index in [1.54, 1.807) is 4.90 Å². The zero-order chi connectivity index (χ0) is 24.2. The molecular formula is C28H33N3O2S. The first-order valence-corrected chi connectivity index (χ1v) is 12.9. The molecule has 1 aliphatic rings. The predicted octanol–water partition coefficient (Wildman–Crippen LogP) is 6.21. The van der Waals surface area contributed by atoms with Crippen molar-refractivity contribution in [3.8, 4) is 0 Å². The second kappa shape index (κ2) is 10.5. The highest BCUT2D eigenvalue weighted by Crippen LogP contribution is 2.33. The normalized spacial score (nSPS) is 15.1. The Morgan fingerprint density at radius 2 is 1.68 bits per heavy atom. The van der Waals surface area contributed by atoms with E-state index < -0.39 is 6.04 Å². The molecule has 0 spiro atoms. The molecule has 3 aromatic rings. The number of aryl methyl sites for hydroxylation is 4. The minimum absolute atomic E-state index is 0.136. The summed E-state index contributed by atoms with van der Waals surface area (Å²) in [5, 5.41) is 4.11. The molecule has 0 saturated heterocycles. The van der Waals surface area contributed by atoms with Crippen molar-refractivity contribution in [2.24, 2.45) is 0 Å². The van der Waals surface area contributed by atoms with Crippen LogP contribution in [0.1, 0.15) is 75.2 Å². The summed E-state index contributed by atoms with van der Waals surface area (Å²) >= 11 is 1.38. The monoisotopic (exact) mass is 475 g/mol. The third kappa shape index (κ3) is 5.22. The van der Waals surface area contributed by atoms with Crippen molar-refractivity contribution in [2.75, 3.05) is 4.90 Å². The fraction of sp³-hybridized carbons (Fsp3) is 0.393. The summed E-state index contributed by atoms with van der Waals surface area (Å²) in [4.78, 5) is 34.7. The Bertz CT molecular complexity index is 1170. The van der Waals surface area contributed by atoms with Gasteiger partial charge in [-0.3, -0.25) is 14.5 Å². The van der Waals surface area contributed by atoms with Crippen LogP contribution >= 0.6 is 11.3 Å². The molecule has 1 saturated carbocycles. The number of aromatic nitrogens is 1. The van der Waals surface area contributed by atoms with Gasteiger partial charge in [-0.15, -0.1) is 11.3 Å². The Morgan fingerprint density at radius 1 is 0.971 bits per heavy atom. The van der Waals surface area contributed by atoms with Gasteiger partial charge in [-0.2, -0.15) is 0 Å². The van der Waals surface area contributed by atoms with Crippen molar-refractivity contribution in [3.63, 3.8) is 0 Å². The maximum atomic E-state index is 14.1. The molecule has 1 heterocycles. The van der Waals surface area contributed by atoms with Crippen LogP contribution in [-0.4, -0.2) is 22.8 Å². The maximum Gasteiger partial charge on any atom is 0.271 e. The van der Waals surface area contributed by atoms with Crippen LogP contribution in [0, 0.1) is 27.7 Å². The van der Waals surface area contributed by atoms with E-state index in [9.17, 15) is 9.59 Å². The van der Waals surface area contributed by atoms with Crippen LogP contribution in [0.3, 0.4) is 0 Å². The predicted molar refractivity (Wildman–Crippen MR) is 139 cm³/mol. The Kier molecular flexibility index (Phi) is 7.47. The van der Waals surface area contributed by atoms with E-state index in [-0.39, 0.29) is 17.9 Å². The molecule has 1 atom stereocenters. The lowest BCUT2D eigenvalue weighted by atomic mass is 9.94. The smallest absolute Gasteiger partial charge is 0.271 e. The van der Waals surface area contributed by atoms with Crippen LogP contribution < -0.4 is 10.2 Å². The SMILES string of the molecule is Cc1nc(C)c(C(=O)N(c2ccc(C)c(C)c2)[C@H](C(=O)NC2CCCCC2)c2ccccc2)s1. The van der Waals surface area contributed by atoms with E-state index in [4.69, 9.17) is 0 Å². The van der Waals surface area contributed by atoms with Gasteiger partial charge in [-0.1, -0.05) is 55.7 Å². The fourth-order valence-electron chi connectivity index (χ4n) is 4.68. The van der Waals surface area contributed by atoms with Crippen LogP contribution in [0.25, 0.3) is 0 Å². The third-order valence-corrected chi connectivity index (χ3v) is 7.72. The topological polar surface area (TPSA) is 62.3 Å². The van der Waals surface area contributed by atoms with Gasteiger partial charge in [0.25, 0.3) is 5.91 Å². The Morgan fingerprint density at radius 3 is 2.29 bits per heavy atom. The third-order valence-electron chi connectivity index (χ3n) is 6.66. The number of benzene rings is 2. The zero-order valence-electron chi connectivity index (χ0n) is 20.4. The fourth-order valence-corrected chi connectivity index (χ4v) is 5.54. The molecule has 0 unspecified atom stereocenters. The lowest BCUT2D eigenvalue weighted by Gasteiger charge is -2.33. The van der Waals surface area contributed by atoms with E-state index in [0.29, 0.717) is 16.3 Å². The number of hydrogen-bond acceptors (Lipinski definition) is 4. The highest BCUT2D eigenvalue weighted by atomic mass is 32.1. The van der Waals surface area contributed by atoms with E-state index in [1.807, 2.05) is 76.2 Å². The van der Waals surface area contributed by atoms with Crippen molar-refractivity contribution in [1.29, 1.82) is 0 Å². The number of carbonyl (C=O) groups is 2. The van der Waals surface area contributed by atoms with Gasteiger partial charge in [-0.25, -0.2) is 4.98 Å². The lowest BCUT2D eigenvalue weighted by molar-refractivity contribution is -0.123. The number of hydrogen-bond donors (Lipinski definition) is 1. The molecule has 0 aliphatic heterocycles. The van der Waals surface area contributed by atoms with Gasteiger partial charge in [0.05, 0.1) is 10.7 Å². The molecule has 6 heteroatoms. The molecule has 1 N–H and O–H groups in total. The number of thiazole rings is 1. The van der Waals surface area contributed by atoms with Crippen molar-refractivity contribution in [1.82, 2.24) is 10.3 Å². The summed E-state index contributed by atoms with van der Waals surface area (Å²) in [6.45, 7) is 7.84. The number of amides is 2. The molecule has 1 fully saturated rings. The van der Waals surface area contributed by atoms with E-state index in [2.05, 4.69) is 10.3 Å². The van der Waals surface area contributed by atoms with Crippen LogP contribution in [0.4, 0.5) is 5.69 Å². The molecule has 0 bridgehead atoms. The number of anilines is 1. The number of nitrogens with zero attached hydrogens (tertiary/aromatic N) is 2. The number of carbonyl (C=O) groups excluding carboxylic acids is 2. The molecule has 5 nitrogen and oxygen atoms in total. The van der Waals surface area contributed by atoms with Gasteiger partial charge < -0.3 is 5.32 Å². The summed E-state index contributed by atoms with van der Waals surface area (Å²) in [6, 6.07) is 14.9. The van der Waals surface area contributed by atoms with E-state index in [1.165, 1.54) is 17.8 Å². The average Bonchev–Trinajstić information content (AvgIpc) is 3.18. The lowest BCUT2D eigenvalue weighted by Crippen LogP contribution is -2.47. The number of nitrogens with one attached hydrogen (secondary N) is 1. The molecule has 178 valence electrons. The summed E-state index contributed by atoms with van der Waals surface area (Å²) in [5.74, 6) is -0.331. The van der Waals surface area contributed by atoms with Gasteiger partial charge in [0.1, 0.15) is 10.9 Å². The molecule has 4 rings (SSSR count). The second-order valence-corrected chi connectivity index (χ2v) is 10.5. The van der Waals surface area contributed by atoms with Gasteiger partial charge in [0, 0.05) is 11.7 Å². The molecule has 0 radical (unpaired) electrons. The van der Waals surface area contributed by atoms with Crippen molar-refractivity contribution in [3.05, 3.63) is 80.8 Å². The van der Waals surface area contributed by atoms with Crippen molar-refractivity contribution < 1.29 is 9.59 Å². The molecule has 1 aliphatic carbocycles. The standard InChI is InChI=1S/C28H33N3O2S/c1-18-15-16-24(17-19(18)2)31(28(33)26-20(3)29-21(4)34-26)25(22-11-7-5-8-12-22)27(32)30-23-13-9-6-10-14-23/h5,7-8,11-12,15-17,23,25H,6,9-10,13-14H2,1-4H3,(H,30,32)/t25-/m0/s1. The molecule has 1 aromatic heterocycles. The first-order valence-electron chi connectivity index (χ1n) is 12.1. The highest BCUT2D eigenvalue weighted by molar-refractivity contribution is 7.13. The van der Waals surface area contributed by atoms with Crippen molar-refractivity contribution in [2.45, 2.75) is 71.9 Å². The van der Waals surface area contributed by atoms with Crippen LogP contribution in [0.5, 0.6) is 0 Å². The summed E-state index contributed by atoms with van der Waals surface area (Å²) < 4.78 is 0. The van der Waals surface area contributed by atoms with Gasteiger partial charge in [-0.05, 0) is 69.4 Å². The van der Waals surface area contributed by atoms with E-state index in [0.717, 1.165) is 47.4 Å². The van der Waals surface area contributed by atoms with Crippen molar-refractivity contribution >= 4 is 28.8 Å². The molecule has 34 heavy (non-hydrogen) atoms. The Hall–Kier alpha value is -2.99. The quantitative estimate of drug-likeness (QED) is 0.461. The molecular weight excluding hydrogens is 442 g/mol. The summed E-state index contributed by atoms with van der Waals surface area (Å²) in [7, 11) is 0. The first-order chi connectivity index (χ1) is 16.3. The molecule has 2 aromatic carbocycles. The molecule has 2 amide bonds. The highest BCUT2D eigenvalue weighted by Gasteiger charge is 2.36. The van der Waals surface area contributed by atoms with Crippen LogP contribution in [0.2, 0.25) is 0 Å². The minimum Gasteiger partial charge on any atom is -0.351 e. The minimum atomic E-state index is -0.778. The van der Waals surface area contributed by atoms with E-state index >= 15 is 0 Å². The summed E-state index contributed by atoms with van der Waals surface area (Å²) in [5.41, 5.74) is 4.42. The number of rotatable bonds is 6. The average molecular weight is 476 g/mol. The van der Waals surface area contributed by atoms with Crippen LogP contribution in [-0.2, 0) is 4.79 Å². The van der Waals surface area contributed by atoms with Gasteiger partial charge in [0.2, 0.25) is 5.91 Å². The Labute approximate surface area is 206 Å². The zero-order valence-corrected chi connectivity index (χ0v) is 21.2. The second-order valence-electron chi connectivity index (χ2n) is 9.25. The van der Waals surface area contributed by atoms with Gasteiger partial charge in [0.15, 0.2) is 0 Å². The maximum absolute atomic E-state index is 14.1.